The summed E-state index contributed by atoms with van der Waals surface area (Å²) in [4.78, 5) is 8.04. The number of aliphatic imine (C=N–C) groups is 1. The van der Waals surface area contributed by atoms with E-state index in [1.165, 1.54) is 0 Å². The molecule has 0 radical (unpaired) electrons. The first-order valence-corrected chi connectivity index (χ1v) is 6.60. The molecule has 20 heavy (non-hydrogen) atoms. The first kappa shape index (κ1) is 12.3. The lowest BCUT2D eigenvalue weighted by molar-refractivity contribution is -0.380. The van der Waals surface area contributed by atoms with Gasteiger partial charge < -0.3 is 0 Å². The van der Waals surface area contributed by atoms with Crippen LogP contribution in [0.2, 0.25) is 0 Å². The number of aromatic amines is 1. The molecule has 0 saturated heterocycles. The normalized spacial score (nSPS) is 11.3. The molecule has 0 bridgehead atoms. The minimum absolute atomic E-state index is 0.942. The Hall–Kier alpha value is -2.74. The second-order valence-corrected chi connectivity index (χ2v) is 4.44. The van der Waals surface area contributed by atoms with E-state index in [0.717, 1.165) is 22.7 Å². The average molecular weight is 259 g/mol. The molecule has 1 heterocycles. The molecule has 2 nitrogen and oxygen atoms in total. The molecule has 0 spiro atoms. The van der Waals surface area contributed by atoms with Crippen LogP contribution in [0.5, 0.6) is 0 Å². The van der Waals surface area contributed by atoms with E-state index in [9.17, 15) is 0 Å². The summed E-state index contributed by atoms with van der Waals surface area (Å²) in [5, 5.41) is 0. The highest BCUT2D eigenvalue weighted by molar-refractivity contribution is 6.11. The largest absolute Gasteiger partial charge is 0.241 e. The van der Waals surface area contributed by atoms with Crippen LogP contribution in [0.3, 0.4) is 0 Å². The van der Waals surface area contributed by atoms with Gasteiger partial charge in [0.25, 0.3) is 0 Å². The fourth-order valence-corrected chi connectivity index (χ4v) is 2.05. The number of nitrogens with zero attached hydrogens (tertiary/aromatic N) is 1. The zero-order valence-electron chi connectivity index (χ0n) is 11.0. The standard InChI is InChI=1S/C18H14N2/c1-3-9-15(10-4-1)18(17-13-7-8-14-19-17)20-16-11-5-2-6-12-16/h1-14H/p+1. The summed E-state index contributed by atoms with van der Waals surface area (Å²) in [6.07, 6.45) is 1.92. The maximum atomic E-state index is 4.78. The molecule has 3 rings (SSSR count). The second-order valence-electron chi connectivity index (χ2n) is 4.44. The topological polar surface area (TPSA) is 26.5 Å². The van der Waals surface area contributed by atoms with E-state index >= 15 is 0 Å². The van der Waals surface area contributed by atoms with Crippen molar-refractivity contribution < 1.29 is 4.98 Å². The molecule has 0 amide bonds. The van der Waals surface area contributed by atoms with Gasteiger partial charge >= 0.3 is 0 Å². The first-order valence-electron chi connectivity index (χ1n) is 6.60. The van der Waals surface area contributed by atoms with Crippen molar-refractivity contribution in [3.63, 3.8) is 0 Å². The number of hydrogen-bond donors (Lipinski definition) is 0. The fraction of sp³-hybridized carbons (Fsp3) is 0. The number of rotatable bonds is 3. The van der Waals surface area contributed by atoms with Gasteiger partial charge in [-0.15, -0.1) is 0 Å². The molecule has 3 aromatic rings. The molecule has 2 heteroatoms. The SMILES string of the molecule is c1ccc(N=C(c2ccccc2)c2cccc[nH+]2)cc1. The van der Waals surface area contributed by atoms with Crippen molar-refractivity contribution in [3.8, 4) is 0 Å². The first-order chi connectivity index (χ1) is 9.93. The minimum atomic E-state index is 0.942. The van der Waals surface area contributed by atoms with E-state index in [1.54, 1.807) is 0 Å². The molecule has 2 aromatic carbocycles. The van der Waals surface area contributed by atoms with E-state index in [1.807, 2.05) is 72.9 Å². The van der Waals surface area contributed by atoms with Crippen LogP contribution in [0.1, 0.15) is 11.3 Å². The van der Waals surface area contributed by atoms with Gasteiger partial charge in [0.1, 0.15) is 5.71 Å². The van der Waals surface area contributed by atoms with Crippen LogP contribution in [0.25, 0.3) is 0 Å². The smallest absolute Gasteiger partial charge is 0.230 e. The maximum absolute atomic E-state index is 4.78. The van der Waals surface area contributed by atoms with Crippen LogP contribution < -0.4 is 4.98 Å². The Kier molecular flexibility index (Phi) is 3.65. The monoisotopic (exact) mass is 259 g/mol. The van der Waals surface area contributed by atoms with Crippen LogP contribution in [-0.4, -0.2) is 5.71 Å². The average Bonchev–Trinajstić information content (AvgIpc) is 2.55. The van der Waals surface area contributed by atoms with Crippen LogP contribution >= 0.6 is 0 Å². The summed E-state index contributed by atoms with van der Waals surface area (Å²) in [5.41, 5.74) is 3.99. The summed E-state index contributed by atoms with van der Waals surface area (Å²) < 4.78 is 0. The number of pyridine rings is 1. The number of H-pyrrole nitrogens is 1. The summed E-state index contributed by atoms with van der Waals surface area (Å²) in [6, 6.07) is 26.2. The van der Waals surface area contributed by atoms with E-state index in [4.69, 9.17) is 4.99 Å². The zero-order chi connectivity index (χ0) is 13.6. The van der Waals surface area contributed by atoms with Crippen molar-refractivity contribution >= 4 is 11.4 Å². The van der Waals surface area contributed by atoms with Gasteiger partial charge in [0.2, 0.25) is 5.69 Å². The Morgan fingerprint density at radius 2 is 1.35 bits per heavy atom. The third-order valence-corrected chi connectivity index (χ3v) is 3.01. The molecule has 0 aliphatic rings. The molecule has 0 aliphatic carbocycles. The molecule has 1 N–H and O–H groups in total. The predicted molar refractivity (Wildman–Crippen MR) is 81.2 cm³/mol. The lowest BCUT2D eigenvalue weighted by Gasteiger charge is -2.03. The van der Waals surface area contributed by atoms with Crippen LogP contribution in [0.4, 0.5) is 5.69 Å². The zero-order valence-corrected chi connectivity index (χ0v) is 11.0. The van der Waals surface area contributed by atoms with Crippen molar-refractivity contribution in [1.29, 1.82) is 0 Å². The van der Waals surface area contributed by atoms with Gasteiger partial charge in [0.05, 0.1) is 5.69 Å². The predicted octanol–water partition coefficient (Wildman–Crippen LogP) is 3.67. The lowest BCUT2D eigenvalue weighted by Crippen LogP contribution is -2.17. The van der Waals surface area contributed by atoms with Crippen LogP contribution in [-0.2, 0) is 0 Å². The Bertz CT molecular complexity index is 648. The van der Waals surface area contributed by atoms with Crippen molar-refractivity contribution in [2.24, 2.45) is 4.99 Å². The minimum Gasteiger partial charge on any atom is -0.241 e. The Labute approximate surface area is 118 Å². The Morgan fingerprint density at radius 1 is 0.700 bits per heavy atom. The molecule has 0 saturated carbocycles. The molecule has 96 valence electrons. The van der Waals surface area contributed by atoms with Gasteiger partial charge in [-0.1, -0.05) is 48.5 Å². The molecule has 0 atom stereocenters. The Balaban J connectivity index is 2.12. The van der Waals surface area contributed by atoms with Crippen LogP contribution in [0, 0.1) is 0 Å². The quantitative estimate of drug-likeness (QED) is 0.642. The number of nitrogens with one attached hydrogen (secondary N) is 1. The van der Waals surface area contributed by atoms with Gasteiger partial charge in [-0.25, -0.2) is 9.98 Å². The molecule has 0 aliphatic heterocycles. The van der Waals surface area contributed by atoms with Crippen molar-refractivity contribution in [1.82, 2.24) is 0 Å². The molecular weight excluding hydrogens is 244 g/mol. The van der Waals surface area contributed by atoms with Crippen molar-refractivity contribution in [2.75, 3.05) is 0 Å². The fourth-order valence-electron chi connectivity index (χ4n) is 2.05. The number of para-hydroxylation sites is 1. The third-order valence-electron chi connectivity index (χ3n) is 3.01. The van der Waals surface area contributed by atoms with Gasteiger partial charge in [-0.2, -0.15) is 0 Å². The number of benzene rings is 2. The van der Waals surface area contributed by atoms with E-state index in [2.05, 4.69) is 17.1 Å². The highest BCUT2D eigenvalue weighted by Crippen LogP contribution is 2.15. The van der Waals surface area contributed by atoms with Gasteiger partial charge in [-0.05, 0) is 18.2 Å². The van der Waals surface area contributed by atoms with Crippen LogP contribution in [0.15, 0.2) is 90.1 Å². The van der Waals surface area contributed by atoms with Gasteiger partial charge in [0, 0.05) is 17.7 Å². The maximum Gasteiger partial charge on any atom is 0.230 e. The summed E-state index contributed by atoms with van der Waals surface area (Å²) in [7, 11) is 0. The molecule has 0 unspecified atom stereocenters. The van der Waals surface area contributed by atoms with Crippen molar-refractivity contribution in [2.45, 2.75) is 0 Å². The molecular formula is C18H15N2+. The highest BCUT2D eigenvalue weighted by atomic mass is 14.8. The van der Waals surface area contributed by atoms with E-state index < -0.39 is 0 Å². The number of hydrogen-bond acceptors (Lipinski definition) is 1. The highest BCUT2D eigenvalue weighted by Gasteiger charge is 2.12. The summed E-state index contributed by atoms with van der Waals surface area (Å²) in [6.45, 7) is 0. The number of aromatic nitrogens is 1. The third kappa shape index (κ3) is 2.81. The van der Waals surface area contributed by atoms with Gasteiger partial charge in [-0.3, -0.25) is 0 Å². The molecule has 0 fully saturated rings. The summed E-state index contributed by atoms with van der Waals surface area (Å²) in [5.74, 6) is 0. The summed E-state index contributed by atoms with van der Waals surface area (Å²) >= 11 is 0. The van der Waals surface area contributed by atoms with Crippen molar-refractivity contribution in [3.05, 3.63) is 96.3 Å². The van der Waals surface area contributed by atoms with Gasteiger partial charge in [0.15, 0.2) is 6.20 Å². The van der Waals surface area contributed by atoms with E-state index in [0.29, 0.717) is 0 Å². The molecule has 1 aromatic heterocycles. The Morgan fingerprint density at radius 3 is 2.00 bits per heavy atom. The lowest BCUT2D eigenvalue weighted by atomic mass is 10.1. The van der Waals surface area contributed by atoms with E-state index in [-0.39, 0.29) is 0 Å². The second kappa shape index (κ2) is 5.93.